The van der Waals surface area contributed by atoms with Crippen LogP contribution in [0.25, 0.3) is 0 Å². The molecule has 4 aromatic rings. The van der Waals surface area contributed by atoms with Crippen LogP contribution in [-0.4, -0.2) is 58.5 Å². The van der Waals surface area contributed by atoms with Crippen LogP contribution in [0.15, 0.2) is 108 Å². The van der Waals surface area contributed by atoms with Crippen LogP contribution in [0, 0.1) is 5.92 Å². The van der Waals surface area contributed by atoms with Gasteiger partial charge in [-0.2, -0.15) is 0 Å². The molecule has 0 aliphatic heterocycles. The number of hydrogen-bond acceptors (Lipinski definition) is 6. The van der Waals surface area contributed by atoms with Gasteiger partial charge in [-0.05, 0) is 65.6 Å². The lowest BCUT2D eigenvalue weighted by atomic mass is 10.0. The van der Waals surface area contributed by atoms with Crippen molar-refractivity contribution in [3.05, 3.63) is 119 Å². The Kier molecular flexibility index (Phi) is 12.3. The zero-order valence-corrected chi connectivity index (χ0v) is 28.5. The molecular weight excluding hydrogens is 638 g/mol. The summed E-state index contributed by atoms with van der Waals surface area (Å²) in [5.41, 5.74) is 1.74. The van der Waals surface area contributed by atoms with Crippen molar-refractivity contribution in [2.24, 2.45) is 5.92 Å². The van der Waals surface area contributed by atoms with Crippen molar-refractivity contribution in [1.29, 1.82) is 0 Å². The number of methoxy groups -OCH3 is 2. The number of para-hydroxylation sites is 2. The van der Waals surface area contributed by atoms with E-state index < -0.39 is 28.5 Å². The normalized spacial score (nSPS) is 11.9. The Hall–Kier alpha value is -4.54. The number of halogens is 1. The second-order valence-electron chi connectivity index (χ2n) is 11.4. The van der Waals surface area contributed by atoms with Gasteiger partial charge in [-0.3, -0.25) is 13.9 Å². The van der Waals surface area contributed by atoms with Gasteiger partial charge in [0.1, 0.15) is 24.1 Å². The molecule has 0 saturated heterocycles. The molecule has 1 atom stereocenters. The minimum absolute atomic E-state index is 0.0327. The Balaban J connectivity index is 1.82. The number of nitrogens with one attached hydrogen (secondary N) is 1. The van der Waals surface area contributed by atoms with E-state index in [1.54, 1.807) is 48.5 Å². The number of ether oxygens (including phenoxy) is 2. The van der Waals surface area contributed by atoms with Gasteiger partial charge in [-0.1, -0.05) is 80.0 Å². The lowest BCUT2D eigenvalue weighted by molar-refractivity contribution is -0.140. The average molecular weight is 678 g/mol. The summed E-state index contributed by atoms with van der Waals surface area (Å²) in [4.78, 5) is 29.9. The van der Waals surface area contributed by atoms with Crippen LogP contribution < -0.4 is 19.1 Å². The number of sulfonamides is 1. The Bertz CT molecular complexity index is 1730. The van der Waals surface area contributed by atoms with Crippen LogP contribution in [0.4, 0.5) is 5.69 Å². The van der Waals surface area contributed by atoms with E-state index in [0.29, 0.717) is 17.3 Å². The summed E-state index contributed by atoms with van der Waals surface area (Å²) in [5.74, 6) is -0.00553. The lowest BCUT2D eigenvalue weighted by Crippen LogP contribution is -2.53. The Morgan fingerprint density at radius 2 is 1.45 bits per heavy atom. The van der Waals surface area contributed by atoms with Crippen molar-refractivity contribution in [2.75, 3.05) is 31.6 Å². The lowest BCUT2D eigenvalue weighted by Gasteiger charge is -2.34. The van der Waals surface area contributed by atoms with Gasteiger partial charge >= 0.3 is 0 Å². The highest BCUT2D eigenvalue weighted by atomic mass is 35.5. The number of nitrogens with zero attached hydrogens (tertiary/aromatic N) is 2. The Morgan fingerprint density at radius 1 is 0.809 bits per heavy atom. The summed E-state index contributed by atoms with van der Waals surface area (Å²) in [7, 11) is -1.39. The Morgan fingerprint density at radius 3 is 2.06 bits per heavy atom. The number of carbonyl (C=O) groups is 2. The Labute approximate surface area is 282 Å². The second-order valence-corrected chi connectivity index (χ2v) is 13.7. The molecule has 2 amide bonds. The van der Waals surface area contributed by atoms with E-state index in [1.165, 1.54) is 43.4 Å². The van der Waals surface area contributed by atoms with Gasteiger partial charge in [0.15, 0.2) is 0 Å². The molecule has 4 rings (SSSR count). The van der Waals surface area contributed by atoms with Gasteiger partial charge in [0.25, 0.3) is 10.0 Å². The van der Waals surface area contributed by atoms with Crippen LogP contribution >= 0.6 is 11.6 Å². The number of hydrogen-bond donors (Lipinski definition) is 1. The fourth-order valence-electron chi connectivity index (χ4n) is 4.99. The SMILES string of the molecule is COc1ccc(S(=O)(=O)N(CC(=O)N(Cc2ccc(Cl)cc2)[C@@H](Cc2ccccc2)C(=O)NCC(C)C)c2ccccc2OC)cc1. The first kappa shape index (κ1) is 35.3. The van der Waals surface area contributed by atoms with Crippen molar-refractivity contribution in [2.45, 2.75) is 37.8 Å². The number of rotatable bonds is 15. The topological polar surface area (TPSA) is 105 Å². The van der Waals surface area contributed by atoms with Gasteiger partial charge in [0.2, 0.25) is 11.8 Å². The van der Waals surface area contributed by atoms with E-state index in [-0.39, 0.29) is 41.1 Å². The van der Waals surface area contributed by atoms with E-state index in [9.17, 15) is 18.0 Å². The predicted octanol–water partition coefficient (Wildman–Crippen LogP) is 5.96. The maximum Gasteiger partial charge on any atom is 0.264 e. The molecule has 0 radical (unpaired) electrons. The highest BCUT2D eigenvalue weighted by Crippen LogP contribution is 2.33. The van der Waals surface area contributed by atoms with Crippen molar-refractivity contribution in [1.82, 2.24) is 10.2 Å². The summed E-state index contributed by atoms with van der Waals surface area (Å²) in [5, 5.41) is 3.51. The van der Waals surface area contributed by atoms with E-state index in [0.717, 1.165) is 15.4 Å². The first-order valence-corrected chi connectivity index (χ1v) is 17.0. The van der Waals surface area contributed by atoms with Gasteiger partial charge < -0.3 is 19.7 Å². The van der Waals surface area contributed by atoms with Crippen LogP contribution in [0.3, 0.4) is 0 Å². The molecule has 0 bridgehead atoms. The summed E-state index contributed by atoms with van der Waals surface area (Å²) >= 11 is 6.16. The zero-order chi connectivity index (χ0) is 34.0. The molecule has 0 saturated carbocycles. The maximum absolute atomic E-state index is 14.6. The van der Waals surface area contributed by atoms with Crippen LogP contribution in [0.5, 0.6) is 11.5 Å². The zero-order valence-electron chi connectivity index (χ0n) is 26.9. The standard InChI is InChI=1S/C36H40ClN3O6S/c1-26(2)23-38-36(42)33(22-27-10-6-5-7-11-27)39(24-28-14-16-29(37)17-15-28)35(41)25-40(32-12-8-9-13-34(32)46-4)47(43,44)31-20-18-30(45-3)19-21-31/h5-21,26,33H,22-25H2,1-4H3,(H,38,42)/t33-/m0/s1. The molecule has 0 aromatic heterocycles. The predicted molar refractivity (Wildman–Crippen MR) is 184 cm³/mol. The molecule has 47 heavy (non-hydrogen) atoms. The minimum Gasteiger partial charge on any atom is -0.497 e. The first-order valence-electron chi connectivity index (χ1n) is 15.2. The van der Waals surface area contributed by atoms with Gasteiger partial charge in [0, 0.05) is 24.5 Å². The highest BCUT2D eigenvalue weighted by Gasteiger charge is 2.35. The number of amides is 2. The van der Waals surface area contributed by atoms with Crippen molar-refractivity contribution in [3.8, 4) is 11.5 Å². The van der Waals surface area contributed by atoms with Gasteiger partial charge in [0.05, 0.1) is 24.8 Å². The van der Waals surface area contributed by atoms with E-state index in [4.69, 9.17) is 21.1 Å². The van der Waals surface area contributed by atoms with Crippen molar-refractivity contribution in [3.63, 3.8) is 0 Å². The number of benzene rings is 4. The third-order valence-electron chi connectivity index (χ3n) is 7.50. The van der Waals surface area contributed by atoms with Crippen LogP contribution in [0.1, 0.15) is 25.0 Å². The summed E-state index contributed by atoms with van der Waals surface area (Å²) in [6.45, 7) is 3.80. The third kappa shape index (κ3) is 9.27. The molecule has 4 aromatic carbocycles. The molecule has 9 nitrogen and oxygen atoms in total. The van der Waals surface area contributed by atoms with Crippen molar-refractivity contribution < 1.29 is 27.5 Å². The van der Waals surface area contributed by atoms with Gasteiger partial charge in [-0.15, -0.1) is 0 Å². The van der Waals surface area contributed by atoms with E-state index >= 15 is 0 Å². The molecule has 1 N–H and O–H groups in total. The number of anilines is 1. The quantitative estimate of drug-likeness (QED) is 0.166. The van der Waals surface area contributed by atoms with Crippen molar-refractivity contribution >= 4 is 39.1 Å². The van der Waals surface area contributed by atoms with E-state index in [2.05, 4.69) is 5.32 Å². The fraction of sp³-hybridized carbons (Fsp3) is 0.278. The molecule has 0 aliphatic carbocycles. The maximum atomic E-state index is 14.6. The summed E-state index contributed by atoms with van der Waals surface area (Å²) in [6.07, 6.45) is 0.212. The monoisotopic (exact) mass is 677 g/mol. The smallest absolute Gasteiger partial charge is 0.264 e. The first-order chi connectivity index (χ1) is 22.5. The van der Waals surface area contributed by atoms with Crippen LogP contribution in [0.2, 0.25) is 5.02 Å². The molecule has 248 valence electrons. The molecule has 0 unspecified atom stereocenters. The molecule has 0 spiro atoms. The minimum atomic E-state index is -4.31. The van der Waals surface area contributed by atoms with Gasteiger partial charge in [-0.25, -0.2) is 8.42 Å². The molecule has 0 aliphatic rings. The summed E-state index contributed by atoms with van der Waals surface area (Å²) in [6, 6.07) is 27.9. The molecule has 0 fully saturated rings. The van der Waals surface area contributed by atoms with E-state index in [1.807, 2.05) is 44.2 Å². The largest absolute Gasteiger partial charge is 0.497 e. The third-order valence-corrected chi connectivity index (χ3v) is 9.53. The fourth-order valence-corrected chi connectivity index (χ4v) is 6.54. The highest BCUT2D eigenvalue weighted by molar-refractivity contribution is 7.92. The molecular formula is C36H40ClN3O6S. The van der Waals surface area contributed by atoms with Crippen LogP contribution in [-0.2, 0) is 32.6 Å². The number of carbonyl (C=O) groups excluding carboxylic acids is 2. The molecule has 11 heteroatoms. The molecule has 0 heterocycles. The average Bonchev–Trinajstić information content (AvgIpc) is 3.08. The summed E-state index contributed by atoms with van der Waals surface area (Å²) < 4.78 is 40.4. The second kappa shape index (κ2) is 16.3.